The van der Waals surface area contributed by atoms with Crippen LogP contribution in [0.5, 0.6) is 0 Å². The Labute approximate surface area is 190 Å². The van der Waals surface area contributed by atoms with Crippen LogP contribution in [-0.4, -0.2) is 48.2 Å². The van der Waals surface area contributed by atoms with Crippen molar-refractivity contribution in [3.8, 4) is 0 Å². The molecule has 1 N–H and O–H groups in total. The Morgan fingerprint density at radius 1 is 1.07 bits per heavy atom. The lowest BCUT2D eigenvalue weighted by Crippen LogP contribution is -2.71. The zero-order valence-corrected chi connectivity index (χ0v) is 20.4. The Bertz CT molecular complexity index is 827. The molecule has 1 spiro atoms. The lowest BCUT2D eigenvalue weighted by molar-refractivity contribution is -0.0965. The first kappa shape index (κ1) is 24.2. The molecule has 2 saturated heterocycles. The Hall–Kier alpha value is -2.11. The Morgan fingerprint density at radius 3 is 2.20 bits per heavy atom. The van der Waals surface area contributed by atoms with Crippen molar-refractivity contribution in [2.45, 2.75) is 27.7 Å². The summed E-state index contributed by atoms with van der Waals surface area (Å²) in [4.78, 5) is 9.56. The van der Waals surface area contributed by atoms with E-state index in [1.54, 1.807) is 6.08 Å². The summed E-state index contributed by atoms with van der Waals surface area (Å²) >= 11 is 3.43. The van der Waals surface area contributed by atoms with E-state index in [2.05, 4.69) is 87.9 Å². The minimum Gasteiger partial charge on any atom is -0.370 e. The first-order valence-corrected chi connectivity index (χ1v) is 11.3. The maximum absolute atomic E-state index is 4.59. The Balaban J connectivity index is 1.98. The number of halogens is 1. The third-order valence-corrected chi connectivity index (χ3v) is 6.00. The van der Waals surface area contributed by atoms with Crippen LogP contribution in [0.2, 0.25) is 0 Å². The van der Waals surface area contributed by atoms with Gasteiger partial charge in [0.25, 0.3) is 0 Å². The molecule has 0 amide bonds. The van der Waals surface area contributed by atoms with E-state index >= 15 is 0 Å². The maximum atomic E-state index is 4.59. The molecule has 0 atom stereocenters. The zero-order valence-electron chi connectivity index (χ0n) is 18.8. The predicted octanol–water partition coefficient (Wildman–Crippen LogP) is 5.53. The van der Waals surface area contributed by atoms with Crippen LogP contribution in [0.15, 0.2) is 88.5 Å². The van der Waals surface area contributed by atoms with Crippen molar-refractivity contribution >= 4 is 21.6 Å². The van der Waals surface area contributed by atoms with Crippen LogP contribution in [0.4, 0.5) is 0 Å². The average molecular weight is 471 g/mol. The second kappa shape index (κ2) is 10.8. The summed E-state index contributed by atoms with van der Waals surface area (Å²) in [6.45, 7) is 26.0. The molecule has 0 aromatic carbocycles. The summed E-state index contributed by atoms with van der Waals surface area (Å²) in [7, 11) is 0. The molecule has 30 heavy (non-hydrogen) atoms. The van der Waals surface area contributed by atoms with Crippen LogP contribution in [0.1, 0.15) is 27.7 Å². The largest absolute Gasteiger partial charge is 0.370 e. The molecule has 0 bridgehead atoms. The number of nitrogens with zero attached hydrogens (tertiary/aromatic N) is 3. The van der Waals surface area contributed by atoms with Gasteiger partial charge in [-0.05, 0) is 61.0 Å². The molecule has 162 valence electrons. The molecule has 0 saturated carbocycles. The first-order chi connectivity index (χ1) is 14.3. The summed E-state index contributed by atoms with van der Waals surface area (Å²) in [6, 6.07) is 0. The second-order valence-electron chi connectivity index (χ2n) is 7.84. The smallest absolute Gasteiger partial charge is 0.123 e. The summed E-state index contributed by atoms with van der Waals surface area (Å²) < 4.78 is 0.691. The van der Waals surface area contributed by atoms with Crippen LogP contribution < -0.4 is 5.32 Å². The normalized spacial score (nSPS) is 20.2. The Morgan fingerprint density at radius 2 is 1.73 bits per heavy atom. The van der Waals surface area contributed by atoms with E-state index < -0.39 is 0 Å². The standard InChI is InChI=1S/C25H35BrN4/c1-8-21(9-2)24(19(6)26)28-20(7)27-22(10-3)13-14-23(11-4)30-17-25(18-30)15-29(12-5)16-25/h8-11,13-14,27H,1,6-7,12,15-18H2,2-5H3/b14-13-,21-9-,22-10+,23-11+,28-24-. The third-order valence-electron chi connectivity index (χ3n) is 5.62. The lowest BCUT2D eigenvalue weighted by atomic mass is 9.72. The molecule has 0 unspecified atom stereocenters. The molecule has 2 aliphatic rings. The van der Waals surface area contributed by atoms with Gasteiger partial charge in [-0.25, -0.2) is 4.99 Å². The fraction of sp³-hybridized carbons (Fsp3) is 0.400. The van der Waals surface area contributed by atoms with Crippen molar-refractivity contribution in [3.05, 3.63) is 83.5 Å². The van der Waals surface area contributed by atoms with E-state index in [0.717, 1.165) is 30.9 Å². The molecule has 0 aromatic rings. The van der Waals surface area contributed by atoms with Crippen molar-refractivity contribution in [1.82, 2.24) is 15.1 Å². The molecule has 2 rings (SSSR count). The number of likely N-dealkylation sites (tertiary alicyclic amines) is 2. The molecule has 4 nitrogen and oxygen atoms in total. The molecular formula is C25H35BrN4. The first-order valence-electron chi connectivity index (χ1n) is 10.5. The highest BCUT2D eigenvalue weighted by Gasteiger charge is 2.51. The van der Waals surface area contributed by atoms with E-state index in [-0.39, 0.29) is 0 Å². The molecule has 0 radical (unpaired) electrons. The summed E-state index contributed by atoms with van der Waals surface area (Å²) in [6.07, 6.45) is 12.1. The van der Waals surface area contributed by atoms with Crippen molar-refractivity contribution in [3.63, 3.8) is 0 Å². The lowest BCUT2D eigenvalue weighted by Gasteiger charge is -2.61. The topological polar surface area (TPSA) is 30.9 Å². The van der Waals surface area contributed by atoms with Gasteiger partial charge in [-0.15, -0.1) is 0 Å². The van der Waals surface area contributed by atoms with Gasteiger partial charge in [0.2, 0.25) is 0 Å². The fourth-order valence-electron chi connectivity index (χ4n) is 4.00. The highest BCUT2D eigenvalue weighted by atomic mass is 79.9. The highest BCUT2D eigenvalue weighted by molar-refractivity contribution is 9.12. The van der Waals surface area contributed by atoms with Gasteiger partial charge >= 0.3 is 0 Å². The number of aliphatic imine (C=N–C) groups is 1. The number of allylic oxidation sites excluding steroid dienone is 8. The van der Waals surface area contributed by atoms with Crippen molar-refractivity contribution < 1.29 is 0 Å². The number of hydrogen-bond acceptors (Lipinski definition) is 4. The molecule has 5 heteroatoms. The van der Waals surface area contributed by atoms with E-state index in [1.807, 2.05) is 26.0 Å². The minimum atomic E-state index is 0.521. The van der Waals surface area contributed by atoms with Gasteiger partial charge in [0.15, 0.2) is 0 Å². The van der Waals surface area contributed by atoms with Crippen LogP contribution in [0, 0.1) is 5.41 Å². The minimum absolute atomic E-state index is 0.521. The van der Waals surface area contributed by atoms with Gasteiger partial charge in [0.05, 0.1) is 5.71 Å². The predicted molar refractivity (Wildman–Crippen MR) is 135 cm³/mol. The van der Waals surface area contributed by atoms with Gasteiger partial charge in [0.1, 0.15) is 5.82 Å². The summed E-state index contributed by atoms with van der Waals surface area (Å²) in [5, 5.41) is 3.28. The molecule has 2 aliphatic heterocycles. The second-order valence-corrected chi connectivity index (χ2v) is 8.79. The number of hydrogen-bond donors (Lipinski definition) is 1. The summed E-state index contributed by atoms with van der Waals surface area (Å²) in [5.74, 6) is 0.545. The van der Waals surface area contributed by atoms with Gasteiger partial charge < -0.3 is 15.1 Å². The Kier molecular flexibility index (Phi) is 8.68. The zero-order chi connectivity index (χ0) is 22.3. The molecule has 2 heterocycles. The average Bonchev–Trinajstić information content (AvgIpc) is 2.66. The molecule has 0 aromatic heterocycles. The van der Waals surface area contributed by atoms with Crippen LogP contribution in [-0.2, 0) is 0 Å². The molecule has 0 aliphatic carbocycles. The van der Waals surface area contributed by atoms with Crippen LogP contribution in [0.3, 0.4) is 0 Å². The monoisotopic (exact) mass is 470 g/mol. The SMILES string of the molecule is C=CC(=C/C)/C(=N\C(=C)NC(/C=C\C(=C/C)N1CC2(CN(CC)C2)C1)=C/C)C(=C)Br. The van der Waals surface area contributed by atoms with Gasteiger partial charge in [-0.1, -0.05) is 51.0 Å². The van der Waals surface area contributed by atoms with Crippen LogP contribution in [0.25, 0.3) is 0 Å². The van der Waals surface area contributed by atoms with Gasteiger partial charge in [-0.3, -0.25) is 0 Å². The van der Waals surface area contributed by atoms with Crippen molar-refractivity contribution in [2.24, 2.45) is 10.4 Å². The van der Waals surface area contributed by atoms with E-state index in [1.165, 1.54) is 18.8 Å². The van der Waals surface area contributed by atoms with Crippen molar-refractivity contribution in [2.75, 3.05) is 32.7 Å². The highest BCUT2D eigenvalue weighted by Crippen LogP contribution is 2.41. The molecule has 2 fully saturated rings. The van der Waals surface area contributed by atoms with E-state index in [0.29, 0.717) is 21.4 Å². The van der Waals surface area contributed by atoms with Crippen molar-refractivity contribution in [1.29, 1.82) is 0 Å². The number of nitrogens with one attached hydrogen (secondary N) is 1. The summed E-state index contributed by atoms with van der Waals surface area (Å²) in [5.41, 5.74) is 4.33. The van der Waals surface area contributed by atoms with Gasteiger partial charge in [0, 0.05) is 47.5 Å². The van der Waals surface area contributed by atoms with E-state index in [9.17, 15) is 0 Å². The van der Waals surface area contributed by atoms with Gasteiger partial charge in [-0.2, -0.15) is 0 Å². The fourth-order valence-corrected chi connectivity index (χ4v) is 4.32. The van der Waals surface area contributed by atoms with Crippen LogP contribution >= 0.6 is 15.9 Å². The number of rotatable bonds is 10. The quantitative estimate of drug-likeness (QED) is 0.336. The van der Waals surface area contributed by atoms with E-state index in [4.69, 9.17) is 0 Å². The third kappa shape index (κ3) is 5.73. The maximum Gasteiger partial charge on any atom is 0.123 e. The molecular weight excluding hydrogens is 436 g/mol.